The SMILES string of the molecule is CO[C]1[CH][CH][C@@H]2[C@H](C(C)=O)C[C@H]1N2C(=O)OCc1ccccc1. The van der Waals surface area contributed by atoms with Crippen LogP contribution in [0, 0.1) is 24.9 Å². The molecule has 1 aromatic carbocycles. The van der Waals surface area contributed by atoms with Gasteiger partial charge in [-0.3, -0.25) is 9.69 Å². The Morgan fingerprint density at radius 3 is 2.65 bits per heavy atom. The van der Waals surface area contributed by atoms with Crippen LogP contribution in [0.1, 0.15) is 18.9 Å². The molecule has 1 amide bonds. The highest BCUT2D eigenvalue weighted by Gasteiger charge is 2.53. The van der Waals surface area contributed by atoms with Gasteiger partial charge in [-0.1, -0.05) is 30.3 Å². The van der Waals surface area contributed by atoms with Gasteiger partial charge in [-0.25, -0.2) is 4.79 Å². The van der Waals surface area contributed by atoms with Gasteiger partial charge in [0.25, 0.3) is 0 Å². The largest absolute Gasteiger partial charge is 0.445 e. The Kier molecular flexibility index (Phi) is 4.66. The predicted octanol–water partition coefficient (Wildman–Crippen LogP) is 2.57. The summed E-state index contributed by atoms with van der Waals surface area (Å²) < 4.78 is 10.8. The average Bonchev–Trinajstić information content (AvgIpc) is 2.84. The van der Waals surface area contributed by atoms with Crippen molar-refractivity contribution in [3.05, 3.63) is 54.8 Å². The van der Waals surface area contributed by atoms with E-state index in [0.29, 0.717) is 12.5 Å². The van der Waals surface area contributed by atoms with Gasteiger partial charge in [-0.05, 0) is 25.3 Å². The van der Waals surface area contributed by atoms with E-state index in [-0.39, 0.29) is 30.4 Å². The molecule has 5 nitrogen and oxygen atoms in total. The summed E-state index contributed by atoms with van der Waals surface area (Å²) in [7, 11) is 1.58. The van der Waals surface area contributed by atoms with Gasteiger partial charge in [0.05, 0.1) is 6.04 Å². The molecule has 0 N–H and O–H groups in total. The summed E-state index contributed by atoms with van der Waals surface area (Å²) in [5, 5.41) is 0. The minimum Gasteiger partial charge on any atom is -0.445 e. The third-order valence-corrected chi connectivity index (χ3v) is 4.51. The van der Waals surface area contributed by atoms with Gasteiger partial charge < -0.3 is 9.47 Å². The molecule has 0 aromatic heterocycles. The molecule has 2 saturated heterocycles. The lowest BCUT2D eigenvalue weighted by atomic mass is 9.94. The maximum Gasteiger partial charge on any atom is 0.410 e. The zero-order chi connectivity index (χ0) is 16.4. The van der Waals surface area contributed by atoms with Crippen molar-refractivity contribution in [2.75, 3.05) is 7.11 Å². The molecule has 3 radical (unpaired) electrons. The van der Waals surface area contributed by atoms with Crippen LogP contribution >= 0.6 is 0 Å². The number of piperidine rings is 1. The first-order chi connectivity index (χ1) is 11.1. The first-order valence-corrected chi connectivity index (χ1v) is 7.70. The van der Waals surface area contributed by atoms with Gasteiger partial charge in [0.2, 0.25) is 0 Å². The monoisotopic (exact) mass is 314 g/mol. The Hall–Kier alpha value is -1.88. The Balaban J connectivity index is 1.72. The van der Waals surface area contributed by atoms with Crippen LogP contribution in [0.5, 0.6) is 0 Å². The summed E-state index contributed by atoms with van der Waals surface area (Å²) in [4.78, 5) is 26.1. The summed E-state index contributed by atoms with van der Waals surface area (Å²) in [6, 6.07) is 9.05. The van der Waals surface area contributed by atoms with E-state index in [9.17, 15) is 9.59 Å². The van der Waals surface area contributed by atoms with Crippen LogP contribution < -0.4 is 0 Å². The molecular weight excluding hydrogens is 294 g/mol. The van der Waals surface area contributed by atoms with Crippen LogP contribution in [0.15, 0.2) is 30.3 Å². The van der Waals surface area contributed by atoms with Crippen LogP contribution in [-0.2, 0) is 20.9 Å². The number of rotatable bonds is 4. The van der Waals surface area contributed by atoms with Crippen molar-refractivity contribution in [3.8, 4) is 0 Å². The topological polar surface area (TPSA) is 55.8 Å². The zero-order valence-corrected chi connectivity index (χ0v) is 13.3. The summed E-state index contributed by atoms with van der Waals surface area (Å²) in [6.45, 7) is 1.78. The Morgan fingerprint density at radius 2 is 2.00 bits per heavy atom. The molecule has 121 valence electrons. The number of hydrogen-bond donors (Lipinski definition) is 0. The second kappa shape index (κ2) is 6.71. The molecule has 1 aromatic rings. The molecule has 2 aliphatic rings. The van der Waals surface area contributed by atoms with Crippen LogP contribution in [0.25, 0.3) is 0 Å². The molecule has 2 fully saturated rings. The maximum absolute atomic E-state index is 12.6. The van der Waals surface area contributed by atoms with Crippen LogP contribution in [0.2, 0.25) is 0 Å². The van der Waals surface area contributed by atoms with Crippen molar-refractivity contribution in [2.24, 2.45) is 5.92 Å². The third-order valence-electron chi connectivity index (χ3n) is 4.51. The average molecular weight is 314 g/mol. The van der Waals surface area contributed by atoms with Crippen molar-refractivity contribution in [1.82, 2.24) is 4.90 Å². The maximum atomic E-state index is 12.6. The molecule has 0 unspecified atom stereocenters. The number of carbonyl (C=O) groups is 2. The van der Waals surface area contributed by atoms with Gasteiger partial charge in [-0.15, -0.1) is 0 Å². The number of fused-ring (bicyclic) bond motifs is 2. The first kappa shape index (κ1) is 16.0. The Bertz CT molecular complexity index is 574. The predicted molar refractivity (Wildman–Crippen MR) is 83.7 cm³/mol. The van der Waals surface area contributed by atoms with Crippen molar-refractivity contribution < 1.29 is 19.1 Å². The fourth-order valence-electron chi connectivity index (χ4n) is 3.33. The molecule has 0 saturated carbocycles. The van der Waals surface area contributed by atoms with Crippen LogP contribution in [0.4, 0.5) is 4.79 Å². The normalized spacial score (nSPS) is 27.0. The fraction of sp³-hybridized carbons (Fsp3) is 0.389. The van der Waals surface area contributed by atoms with Crippen molar-refractivity contribution >= 4 is 11.9 Å². The van der Waals surface area contributed by atoms with Gasteiger partial charge in [0, 0.05) is 25.5 Å². The molecule has 3 atom stereocenters. The highest BCUT2D eigenvalue weighted by Crippen LogP contribution is 2.43. The standard InChI is InChI=1S/C18H20NO4/c1-12(20)14-10-16-17(22-2)9-8-15(14)19(16)18(21)23-11-13-6-4-3-5-7-13/h3-9,14-16H,10-11H2,1-2H3/t14-,15+,16+/m0/s1. The molecule has 3 rings (SSSR count). The number of ketones is 1. The number of ether oxygens (including phenoxy) is 2. The smallest absolute Gasteiger partial charge is 0.410 e. The summed E-state index contributed by atoms with van der Waals surface area (Å²) in [6.07, 6.45) is 4.58. The molecule has 5 heteroatoms. The number of amides is 1. The summed E-state index contributed by atoms with van der Waals surface area (Å²) in [5.41, 5.74) is 0.930. The van der Waals surface area contributed by atoms with Crippen LogP contribution in [0.3, 0.4) is 0 Å². The van der Waals surface area contributed by atoms with Gasteiger partial charge in [-0.2, -0.15) is 0 Å². The van der Waals surface area contributed by atoms with E-state index in [1.54, 1.807) is 18.9 Å². The molecule has 2 aliphatic heterocycles. The lowest BCUT2D eigenvalue weighted by molar-refractivity contribution is -0.121. The second-order valence-corrected chi connectivity index (χ2v) is 5.87. The lowest BCUT2D eigenvalue weighted by Gasteiger charge is -2.37. The van der Waals surface area contributed by atoms with E-state index in [0.717, 1.165) is 5.56 Å². The Morgan fingerprint density at radius 1 is 1.26 bits per heavy atom. The summed E-state index contributed by atoms with van der Waals surface area (Å²) >= 11 is 0. The van der Waals surface area contributed by atoms with Gasteiger partial charge in [0.15, 0.2) is 0 Å². The number of Topliss-reactive ketones (excluding diaryl/α,β-unsaturated/α-hetero) is 1. The molecule has 0 aliphatic carbocycles. The molecular formula is C18H20NO4. The van der Waals surface area contributed by atoms with E-state index < -0.39 is 6.09 Å². The van der Waals surface area contributed by atoms with Crippen molar-refractivity contribution in [1.29, 1.82) is 0 Å². The molecule has 2 bridgehead atoms. The first-order valence-electron chi connectivity index (χ1n) is 7.70. The number of nitrogens with zero attached hydrogens (tertiary/aromatic N) is 1. The Labute approximate surface area is 136 Å². The van der Waals surface area contributed by atoms with Gasteiger partial charge in [0.1, 0.15) is 18.5 Å². The quantitative estimate of drug-likeness (QED) is 0.857. The summed E-state index contributed by atoms with van der Waals surface area (Å²) in [5.74, 6) is -0.117. The number of carbonyl (C=O) groups excluding carboxylic acids is 2. The lowest BCUT2D eigenvalue weighted by Crippen LogP contribution is -2.49. The van der Waals surface area contributed by atoms with E-state index in [2.05, 4.69) is 0 Å². The highest BCUT2D eigenvalue weighted by atomic mass is 16.6. The number of methoxy groups -OCH3 is 1. The molecule has 23 heavy (non-hydrogen) atoms. The number of benzene rings is 1. The van der Waals surface area contributed by atoms with E-state index in [1.165, 1.54) is 0 Å². The highest BCUT2D eigenvalue weighted by molar-refractivity contribution is 5.82. The van der Waals surface area contributed by atoms with E-state index >= 15 is 0 Å². The third kappa shape index (κ3) is 3.11. The minimum absolute atomic E-state index is 0.0837. The zero-order valence-electron chi connectivity index (χ0n) is 13.3. The van der Waals surface area contributed by atoms with Gasteiger partial charge >= 0.3 is 6.09 Å². The minimum atomic E-state index is -0.411. The fourth-order valence-corrected chi connectivity index (χ4v) is 3.33. The van der Waals surface area contributed by atoms with E-state index in [4.69, 9.17) is 9.47 Å². The second-order valence-electron chi connectivity index (χ2n) is 5.87. The van der Waals surface area contributed by atoms with Crippen molar-refractivity contribution in [2.45, 2.75) is 32.0 Å². The molecule has 0 spiro atoms. The molecule has 2 heterocycles. The number of hydrogen-bond acceptors (Lipinski definition) is 4. The van der Waals surface area contributed by atoms with E-state index in [1.807, 2.05) is 43.2 Å². The van der Waals surface area contributed by atoms with Crippen LogP contribution in [-0.4, -0.2) is 36.0 Å². The van der Waals surface area contributed by atoms with Crippen molar-refractivity contribution in [3.63, 3.8) is 0 Å².